The van der Waals surface area contributed by atoms with Crippen molar-refractivity contribution < 1.29 is 8.42 Å². The van der Waals surface area contributed by atoms with E-state index in [1.807, 2.05) is 55.3 Å². The van der Waals surface area contributed by atoms with Gasteiger partial charge in [0.2, 0.25) is 5.95 Å². The number of benzene rings is 1. The second-order valence-corrected chi connectivity index (χ2v) is 8.43. The Hall–Kier alpha value is -2.15. The Morgan fingerprint density at radius 1 is 1.25 bits per heavy atom. The molecule has 1 fully saturated rings. The van der Waals surface area contributed by atoms with Crippen LogP contribution in [0.25, 0.3) is 0 Å². The van der Waals surface area contributed by atoms with Crippen LogP contribution < -0.4 is 10.2 Å². The van der Waals surface area contributed by atoms with Gasteiger partial charge < -0.3 is 10.2 Å². The maximum absolute atomic E-state index is 11.7. The Balaban J connectivity index is 1.74. The molecule has 0 radical (unpaired) electrons. The molecule has 7 heteroatoms. The standard InChI is InChI=1S/C17H22N4O2S/c1-13-10-16(21(2)15-8-9-24(22,23)12-15)20-17(19-13)18-11-14-6-4-3-5-7-14/h3-7,10,15H,8-9,11-12H2,1-2H3,(H,18,19,20). The fourth-order valence-electron chi connectivity index (χ4n) is 2.86. The van der Waals surface area contributed by atoms with Gasteiger partial charge in [0.15, 0.2) is 9.84 Å². The fraction of sp³-hybridized carbons (Fsp3) is 0.412. The van der Waals surface area contributed by atoms with Gasteiger partial charge in [0.1, 0.15) is 5.82 Å². The average Bonchev–Trinajstić information content (AvgIpc) is 2.93. The molecule has 0 spiro atoms. The number of hydrogen-bond donors (Lipinski definition) is 1. The van der Waals surface area contributed by atoms with Crippen molar-refractivity contribution in [2.24, 2.45) is 0 Å². The van der Waals surface area contributed by atoms with Gasteiger partial charge in [-0.2, -0.15) is 4.98 Å². The van der Waals surface area contributed by atoms with Gasteiger partial charge in [0.05, 0.1) is 11.5 Å². The third-order valence-corrected chi connectivity index (χ3v) is 6.00. The minimum absolute atomic E-state index is 0.0220. The zero-order valence-electron chi connectivity index (χ0n) is 13.9. The van der Waals surface area contributed by atoms with Crippen molar-refractivity contribution in [3.05, 3.63) is 47.7 Å². The molecule has 0 bridgehead atoms. The van der Waals surface area contributed by atoms with Crippen molar-refractivity contribution >= 4 is 21.6 Å². The number of hydrogen-bond acceptors (Lipinski definition) is 6. The largest absolute Gasteiger partial charge is 0.355 e. The summed E-state index contributed by atoms with van der Waals surface area (Å²) in [5.41, 5.74) is 2.00. The number of sulfone groups is 1. The predicted octanol–water partition coefficient (Wildman–Crippen LogP) is 2.02. The van der Waals surface area contributed by atoms with Crippen LogP contribution in [0.3, 0.4) is 0 Å². The Kier molecular flexibility index (Phi) is 4.71. The number of rotatable bonds is 5. The lowest BCUT2D eigenvalue weighted by Gasteiger charge is -2.25. The highest BCUT2D eigenvalue weighted by Crippen LogP contribution is 2.22. The second-order valence-electron chi connectivity index (χ2n) is 6.20. The summed E-state index contributed by atoms with van der Waals surface area (Å²) < 4.78 is 23.4. The van der Waals surface area contributed by atoms with Crippen LogP contribution in [0.2, 0.25) is 0 Å². The molecule has 128 valence electrons. The van der Waals surface area contributed by atoms with Crippen molar-refractivity contribution in [3.63, 3.8) is 0 Å². The highest BCUT2D eigenvalue weighted by molar-refractivity contribution is 7.91. The van der Waals surface area contributed by atoms with Gasteiger partial charge in [-0.1, -0.05) is 30.3 Å². The molecule has 1 atom stereocenters. The monoisotopic (exact) mass is 346 g/mol. The molecule has 0 saturated carbocycles. The van der Waals surface area contributed by atoms with Crippen molar-refractivity contribution in [1.29, 1.82) is 0 Å². The Bertz CT molecular complexity index is 809. The first kappa shape index (κ1) is 16.7. The van der Waals surface area contributed by atoms with Gasteiger partial charge >= 0.3 is 0 Å². The molecular weight excluding hydrogens is 324 g/mol. The topological polar surface area (TPSA) is 75.2 Å². The smallest absolute Gasteiger partial charge is 0.225 e. The lowest BCUT2D eigenvalue weighted by Crippen LogP contribution is -2.33. The molecule has 1 unspecified atom stereocenters. The normalized spacial score (nSPS) is 19.2. The quantitative estimate of drug-likeness (QED) is 0.893. The average molecular weight is 346 g/mol. The van der Waals surface area contributed by atoms with Crippen LogP contribution >= 0.6 is 0 Å². The number of anilines is 2. The van der Waals surface area contributed by atoms with E-state index in [-0.39, 0.29) is 17.5 Å². The van der Waals surface area contributed by atoms with E-state index in [1.54, 1.807) is 0 Å². The molecule has 24 heavy (non-hydrogen) atoms. The zero-order chi connectivity index (χ0) is 17.2. The van der Waals surface area contributed by atoms with Gasteiger partial charge in [-0.3, -0.25) is 0 Å². The van der Waals surface area contributed by atoms with Crippen molar-refractivity contribution in [2.45, 2.75) is 25.9 Å². The lowest BCUT2D eigenvalue weighted by atomic mass is 10.2. The van der Waals surface area contributed by atoms with Crippen molar-refractivity contribution in [3.8, 4) is 0 Å². The molecule has 6 nitrogen and oxygen atoms in total. The summed E-state index contributed by atoms with van der Waals surface area (Å²) in [7, 11) is -1.02. The van der Waals surface area contributed by atoms with E-state index in [2.05, 4.69) is 15.3 Å². The van der Waals surface area contributed by atoms with Crippen molar-refractivity contribution in [1.82, 2.24) is 9.97 Å². The molecule has 1 aromatic carbocycles. The van der Waals surface area contributed by atoms with Crippen LogP contribution in [0.15, 0.2) is 36.4 Å². The molecule has 1 N–H and O–H groups in total. The first-order chi connectivity index (χ1) is 11.4. The van der Waals surface area contributed by atoms with Crippen LogP contribution in [-0.2, 0) is 16.4 Å². The minimum Gasteiger partial charge on any atom is -0.355 e. The summed E-state index contributed by atoms with van der Waals surface area (Å²) in [5, 5.41) is 3.24. The van der Waals surface area contributed by atoms with Gasteiger partial charge in [-0.25, -0.2) is 13.4 Å². The van der Waals surface area contributed by atoms with E-state index in [0.717, 1.165) is 17.1 Å². The molecule has 3 rings (SSSR count). The maximum atomic E-state index is 11.7. The summed E-state index contributed by atoms with van der Waals surface area (Å²) >= 11 is 0. The van der Waals surface area contributed by atoms with E-state index < -0.39 is 9.84 Å². The third kappa shape index (κ3) is 4.03. The third-order valence-electron chi connectivity index (χ3n) is 4.25. The Labute approximate surface area is 142 Å². The van der Waals surface area contributed by atoms with E-state index in [4.69, 9.17) is 0 Å². The summed E-state index contributed by atoms with van der Waals surface area (Å²) in [6, 6.07) is 11.9. The lowest BCUT2D eigenvalue weighted by molar-refractivity contribution is 0.600. The van der Waals surface area contributed by atoms with Crippen LogP contribution in [0, 0.1) is 6.92 Å². The Morgan fingerprint density at radius 3 is 2.67 bits per heavy atom. The summed E-state index contributed by atoms with van der Waals surface area (Å²) in [4.78, 5) is 10.9. The van der Waals surface area contributed by atoms with Gasteiger partial charge in [0.25, 0.3) is 0 Å². The zero-order valence-corrected chi connectivity index (χ0v) is 14.8. The van der Waals surface area contributed by atoms with Crippen LogP contribution in [0.1, 0.15) is 17.7 Å². The number of nitrogens with zero attached hydrogens (tertiary/aromatic N) is 3. The van der Waals surface area contributed by atoms with Crippen LogP contribution in [0.4, 0.5) is 11.8 Å². The molecular formula is C17H22N4O2S. The van der Waals surface area contributed by atoms with Gasteiger partial charge in [0, 0.05) is 31.4 Å². The molecule has 0 amide bonds. The molecule has 1 aliphatic rings. The van der Waals surface area contributed by atoms with Crippen LogP contribution in [-0.4, -0.2) is 43.0 Å². The summed E-state index contributed by atoms with van der Waals surface area (Å²) in [6.45, 7) is 2.56. The highest BCUT2D eigenvalue weighted by Gasteiger charge is 2.31. The van der Waals surface area contributed by atoms with Crippen LogP contribution in [0.5, 0.6) is 0 Å². The number of aryl methyl sites for hydroxylation is 1. The van der Waals surface area contributed by atoms with E-state index >= 15 is 0 Å². The molecule has 0 aliphatic carbocycles. The molecule has 2 heterocycles. The molecule has 2 aromatic rings. The van der Waals surface area contributed by atoms with E-state index in [1.165, 1.54) is 0 Å². The Morgan fingerprint density at radius 2 is 2.00 bits per heavy atom. The second kappa shape index (κ2) is 6.76. The predicted molar refractivity (Wildman–Crippen MR) is 96.0 cm³/mol. The van der Waals surface area contributed by atoms with E-state index in [9.17, 15) is 8.42 Å². The number of aromatic nitrogens is 2. The fourth-order valence-corrected chi connectivity index (χ4v) is 4.63. The van der Waals surface area contributed by atoms with E-state index in [0.29, 0.717) is 18.9 Å². The molecule has 1 aliphatic heterocycles. The first-order valence-corrected chi connectivity index (χ1v) is 9.82. The summed E-state index contributed by atoms with van der Waals surface area (Å²) in [6.07, 6.45) is 0.647. The SMILES string of the molecule is Cc1cc(N(C)C2CCS(=O)(=O)C2)nc(NCc2ccccc2)n1. The van der Waals surface area contributed by atoms with Gasteiger partial charge in [-0.15, -0.1) is 0 Å². The maximum Gasteiger partial charge on any atom is 0.225 e. The first-order valence-electron chi connectivity index (χ1n) is 8.00. The van der Waals surface area contributed by atoms with Crippen molar-refractivity contribution in [2.75, 3.05) is 28.8 Å². The minimum atomic E-state index is -2.92. The van der Waals surface area contributed by atoms with Gasteiger partial charge in [-0.05, 0) is 18.9 Å². The summed E-state index contributed by atoms with van der Waals surface area (Å²) in [5.74, 6) is 1.76. The highest BCUT2D eigenvalue weighted by atomic mass is 32.2. The molecule has 1 saturated heterocycles. The number of nitrogens with one attached hydrogen (secondary N) is 1. The molecule has 1 aromatic heterocycles.